The van der Waals surface area contributed by atoms with Crippen LogP contribution in [0.5, 0.6) is 0 Å². The molecule has 1 atom stereocenters. The van der Waals surface area contributed by atoms with Crippen molar-refractivity contribution in [1.82, 2.24) is 19.5 Å². The van der Waals surface area contributed by atoms with Gasteiger partial charge in [0.05, 0.1) is 13.2 Å². The highest BCUT2D eigenvalue weighted by Gasteiger charge is 2.40. The molecule has 0 saturated carbocycles. The molecule has 2 aromatic heterocycles. The van der Waals surface area contributed by atoms with Crippen molar-refractivity contribution in [3.8, 4) is 5.69 Å². The summed E-state index contributed by atoms with van der Waals surface area (Å²) < 4.78 is 7.34. The van der Waals surface area contributed by atoms with E-state index in [0.29, 0.717) is 30.1 Å². The van der Waals surface area contributed by atoms with Gasteiger partial charge in [0, 0.05) is 12.2 Å². The standard InChI is InChI=1S/C17H17N5O3/c1-17(16(23)24)9-21(7-8-25-17)14-13-15(19-10-18-14)22(11-20-13)12-5-3-2-4-6-12/h2-6,10-11H,7-9H2,1H3,(H,23,24). The maximum absolute atomic E-state index is 11.5. The molecule has 128 valence electrons. The molecule has 8 nitrogen and oxygen atoms in total. The molecule has 0 bridgehead atoms. The molecule has 1 unspecified atom stereocenters. The first-order valence-electron chi connectivity index (χ1n) is 7.94. The maximum atomic E-state index is 11.5. The van der Waals surface area contributed by atoms with Gasteiger partial charge >= 0.3 is 5.97 Å². The van der Waals surface area contributed by atoms with Crippen molar-refractivity contribution in [2.24, 2.45) is 0 Å². The van der Waals surface area contributed by atoms with Gasteiger partial charge in [0.1, 0.15) is 12.7 Å². The Balaban J connectivity index is 1.76. The van der Waals surface area contributed by atoms with Crippen LogP contribution in [-0.4, -0.2) is 55.9 Å². The van der Waals surface area contributed by atoms with Crippen molar-refractivity contribution in [2.45, 2.75) is 12.5 Å². The molecule has 3 heterocycles. The highest BCUT2D eigenvalue weighted by atomic mass is 16.5. The van der Waals surface area contributed by atoms with Crippen LogP contribution in [0.25, 0.3) is 16.9 Å². The summed E-state index contributed by atoms with van der Waals surface area (Å²) in [4.78, 5) is 26.6. The second-order valence-corrected chi connectivity index (χ2v) is 6.13. The summed E-state index contributed by atoms with van der Waals surface area (Å²) in [6.07, 6.45) is 3.18. The van der Waals surface area contributed by atoms with Gasteiger partial charge in [-0.2, -0.15) is 0 Å². The largest absolute Gasteiger partial charge is 0.479 e. The van der Waals surface area contributed by atoms with E-state index >= 15 is 0 Å². The van der Waals surface area contributed by atoms with E-state index in [-0.39, 0.29) is 6.54 Å². The van der Waals surface area contributed by atoms with Gasteiger partial charge in [-0.05, 0) is 19.1 Å². The monoisotopic (exact) mass is 339 g/mol. The molecule has 0 aliphatic carbocycles. The van der Waals surface area contributed by atoms with Gasteiger partial charge in [-0.25, -0.2) is 19.7 Å². The van der Waals surface area contributed by atoms with Crippen molar-refractivity contribution in [3.63, 3.8) is 0 Å². The Morgan fingerprint density at radius 1 is 1.24 bits per heavy atom. The van der Waals surface area contributed by atoms with E-state index < -0.39 is 11.6 Å². The Morgan fingerprint density at radius 3 is 2.80 bits per heavy atom. The molecule has 0 spiro atoms. The molecule has 1 aliphatic rings. The van der Waals surface area contributed by atoms with Crippen molar-refractivity contribution in [2.75, 3.05) is 24.6 Å². The Kier molecular flexibility index (Phi) is 3.61. The summed E-state index contributed by atoms with van der Waals surface area (Å²) in [6, 6.07) is 9.79. The average Bonchev–Trinajstić information content (AvgIpc) is 3.06. The van der Waals surface area contributed by atoms with Crippen LogP contribution >= 0.6 is 0 Å². The van der Waals surface area contributed by atoms with Gasteiger partial charge in [-0.3, -0.25) is 4.57 Å². The molecular formula is C17H17N5O3. The number of nitrogens with zero attached hydrogens (tertiary/aromatic N) is 5. The summed E-state index contributed by atoms with van der Waals surface area (Å²) in [7, 11) is 0. The fourth-order valence-corrected chi connectivity index (χ4v) is 3.01. The number of morpholine rings is 1. The van der Waals surface area contributed by atoms with Crippen LogP contribution in [0.3, 0.4) is 0 Å². The number of para-hydroxylation sites is 1. The number of carbonyl (C=O) groups is 1. The summed E-state index contributed by atoms with van der Waals surface area (Å²) in [6.45, 7) is 2.63. The SMILES string of the molecule is CC1(C(=O)O)CN(c2ncnc3c2ncn3-c2ccccc2)CCO1. The summed E-state index contributed by atoms with van der Waals surface area (Å²) in [5, 5.41) is 9.42. The normalized spacial score (nSPS) is 20.8. The first-order valence-corrected chi connectivity index (χ1v) is 7.94. The molecule has 3 aromatic rings. The lowest BCUT2D eigenvalue weighted by Gasteiger charge is -2.38. The van der Waals surface area contributed by atoms with Crippen LogP contribution in [0.1, 0.15) is 6.92 Å². The minimum atomic E-state index is -1.27. The van der Waals surface area contributed by atoms with E-state index in [1.807, 2.05) is 39.8 Å². The molecule has 0 radical (unpaired) electrons. The minimum Gasteiger partial charge on any atom is -0.479 e. The van der Waals surface area contributed by atoms with Gasteiger partial charge in [0.25, 0.3) is 0 Å². The number of aliphatic carboxylic acids is 1. The number of benzene rings is 1. The molecule has 4 rings (SSSR count). The van der Waals surface area contributed by atoms with E-state index in [0.717, 1.165) is 5.69 Å². The lowest BCUT2D eigenvalue weighted by atomic mass is 10.0. The minimum absolute atomic E-state index is 0.201. The number of ether oxygens (including phenoxy) is 1. The quantitative estimate of drug-likeness (QED) is 0.773. The molecule has 1 aliphatic heterocycles. The molecule has 1 N–H and O–H groups in total. The molecule has 1 aromatic carbocycles. The third kappa shape index (κ3) is 2.60. The fourth-order valence-electron chi connectivity index (χ4n) is 3.01. The molecule has 1 fully saturated rings. The first kappa shape index (κ1) is 15.5. The highest BCUT2D eigenvalue weighted by molar-refractivity contribution is 5.85. The molecule has 0 amide bonds. The predicted octanol–water partition coefficient (Wildman–Crippen LogP) is 1.50. The van der Waals surface area contributed by atoms with Crippen LogP contribution in [0, 0.1) is 0 Å². The average molecular weight is 339 g/mol. The number of carboxylic acid groups (broad SMARTS) is 1. The zero-order valence-corrected chi connectivity index (χ0v) is 13.7. The molecule has 25 heavy (non-hydrogen) atoms. The third-order valence-corrected chi connectivity index (χ3v) is 4.37. The Hall–Kier alpha value is -3.00. The van der Waals surface area contributed by atoms with E-state index in [9.17, 15) is 9.90 Å². The van der Waals surface area contributed by atoms with E-state index in [1.54, 1.807) is 13.3 Å². The second-order valence-electron chi connectivity index (χ2n) is 6.13. The lowest BCUT2D eigenvalue weighted by molar-refractivity contribution is -0.164. The van der Waals surface area contributed by atoms with E-state index in [4.69, 9.17) is 4.74 Å². The van der Waals surface area contributed by atoms with Gasteiger partial charge in [0.15, 0.2) is 22.6 Å². The van der Waals surface area contributed by atoms with Crippen molar-refractivity contribution in [1.29, 1.82) is 0 Å². The third-order valence-electron chi connectivity index (χ3n) is 4.37. The number of imidazole rings is 1. The lowest BCUT2D eigenvalue weighted by Crippen LogP contribution is -2.55. The number of carboxylic acids is 1. The Bertz CT molecular complexity index is 926. The number of hydrogen-bond acceptors (Lipinski definition) is 6. The summed E-state index contributed by atoms with van der Waals surface area (Å²) in [5.41, 5.74) is 1.00. The number of rotatable bonds is 3. The number of aromatic nitrogens is 4. The topological polar surface area (TPSA) is 93.4 Å². The van der Waals surface area contributed by atoms with Crippen molar-refractivity contribution < 1.29 is 14.6 Å². The van der Waals surface area contributed by atoms with Crippen LogP contribution in [0.4, 0.5) is 5.82 Å². The zero-order chi connectivity index (χ0) is 17.4. The Labute approximate surface area is 143 Å². The van der Waals surface area contributed by atoms with Gasteiger partial charge < -0.3 is 14.7 Å². The molecule has 8 heteroatoms. The van der Waals surface area contributed by atoms with Crippen molar-refractivity contribution in [3.05, 3.63) is 43.0 Å². The first-order chi connectivity index (χ1) is 12.1. The number of hydrogen-bond donors (Lipinski definition) is 1. The second kappa shape index (κ2) is 5.82. The molecule has 1 saturated heterocycles. The Morgan fingerprint density at radius 2 is 2.04 bits per heavy atom. The van der Waals surface area contributed by atoms with Crippen LogP contribution in [-0.2, 0) is 9.53 Å². The number of anilines is 1. The zero-order valence-electron chi connectivity index (χ0n) is 13.7. The highest BCUT2D eigenvalue weighted by Crippen LogP contribution is 2.27. The van der Waals surface area contributed by atoms with Crippen molar-refractivity contribution >= 4 is 23.0 Å². The summed E-state index contributed by atoms with van der Waals surface area (Å²) >= 11 is 0. The van der Waals surface area contributed by atoms with E-state index in [1.165, 1.54) is 6.33 Å². The fraction of sp³-hybridized carbons (Fsp3) is 0.294. The van der Waals surface area contributed by atoms with Crippen LogP contribution in [0.15, 0.2) is 43.0 Å². The summed E-state index contributed by atoms with van der Waals surface area (Å²) in [5.74, 6) is -0.368. The number of fused-ring (bicyclic) bond motifs is 1. The maximum Gasteiger partial charge on any atom is 0.337 e. The predicted molar refractivity (Wildman–Crippen MR) is 90.9 cm³/mol. The van der Waals surface area contributed by atoms with Gasteiger partial charge in [-0.1, -0.05) is 18.2 Å². The van der Waals surface area contributed by atoms with Gasteiger partial charge in [-0.15, -0.1) is 0 Å². The van der Waals surface area contributed by atoms with Crippen LogP contribution in [0.2, 0.25) is 0 Å². The molecular weight excluding hydrogens is 322 g/mol. The van der Waals surface area contributed by atoms with E-state index in [2.05, 4.69) is 15.0 Å². The van der Waals surface area contributed by atoms with Crippen LogP contribution < -0.4 is 4.90 Å². The van der Waals surface area contributed by atoms with Gasteiger partial charge in [0.2, 0.25) is 0 Å². The smallest absolute Gasteiger partial charge is 0.337 e.